The Labute approximate surface area is 134 Å². The van der Waals surface area contributed by atoms with Crippen LogP contribution >= 0.6 is 0 Å². The first-order valence-corrected chi connectivity index (χ1v) is 8.17. The fourth-order valence-electron chi connectivity index (χ4n) is 2.07. The molecule has 6 heteroatoms. The van der Waals surface area contributed by atoms with Gasteiger partial charge in [-0.25, -0.2) is 13.3 Å². The summed E-state index contributed by atoms with van der Waals surface area (Å²) in [6.45, 7) is 9.09. The number of esters is 1. The Balaban J connectivity index is 3.18. The van der Waals surface area contributed by atoms with Gasteiger partial charge in [0.1, 0.15) is 11.7 Å². The summed E-state index contributed by atoms with van der Waals surface area (Å²) in [5.74, 6) is -1.55. The summed E-state index contributed by atoms with van der Waals surface area (Å²) in [5.41, 5.74) is -0.222. The van der Waals surface area contributed by atoms with Gasteiger partial charge in [0, 0.05) is 5.54 Å². The van der Waals surface area contributed by atoms with Gasteiger partial charge in [-0.05, 0) is 52.3 Å². The second kappa shape index (κ2) is 6.87. The van der Waals surface area contributed by atoms with Crippen LogP contribution in [-0.2, 0) is 20.5 Å². The van der Waals surface area contributed by atoms with E-state index < -0.39 is 33.2 Å². The van der Waals surface area contributed by atoms with Crippen molar-refractivity contribution in [2.24, 2.45) is 0 Å². The van der Waals surface area contributed by atoms with Crippen LogP contribution in [0.2, 0.25) is 0 Å². The summed E-state index contributed by atoms with van der Waals surface area (Å²) >= 11 is 0. The van der Waals surface area contributed by atoms with E-state index in [1.807, 2.05) is 20.8 Å². The Morgan fingerprint density at radius 1 is 1.18 bits per heavy atom. The minimum atomic E-state index is -1.36. The third-order valence-electron chi connectivity index (χ3n) is 3.27. The minimum Gasteiger partial charge on any atom is -0.468 e. The molecule has 0 bridgehead atoms. The Bertz CT molecular complexity index is 550. The summed E-state index contributed by atoms with van der Waals surface area (Å²) in [4.78, 5) is 12.2. The van der Waals surface area contributed by atoms with E-state index >= 15 is 0 Å². The van der Waals surface area contributed by atoms with E-state index in [9.17, 15) is 13.4 Å². The molecule has 0 heterocycles. The van der Waals surface area contributed by atoms with Gasteiger partial charge in [-0.3, -0.25) is 4.79 Å². The SMILES string of the molecule is COC(=O)C(c1ccc(F)cc1)C(C)(C)NS(=O)C(C)(C)C. The highest BCUT2D eigenvalue weighted by atomic mass is 32.2. The summed E-state index contributed by atoms with van der Waals surface area (Å²) < 4.78 is 32.9. The summed E-state index contributed by atoms with van der Waals surface area (Å²) in [5, 5.41) is 0. The van der Waals surface area contributed by atoms with Crippen LogP contribution in [-0.4, -0.2) is 27.6 Å². The first-order valence-electron chi connectivity index (χ1n) is 7.02. The molecule has 4 nitrogen and oxygen atoms in total. The molecular formula is C16H24FNO3S. The fourth-order valence-corrected chi connectivity index (χ4v) is 2.97. The van der Waals surface area contributed by atoms with E-state index in [1.165, 1.54) is 19.2 Å². The molecule has 22 heavy (non-hydrogen) atoms. The van der Waals surface area contributed by atoms with Gasteiger partial charge < -0.3 is 4.74 Å². The van der Waals surface area contributed by atoms with Crippen LogP contribution in [0, 0.1) is 5.82 Å². The van der Waals surface area contributed by atoms with E-state index in [0.717, 1.165) is 0 Å². The Kier molecular flexibility index (Phi) is 5.87. The van der Waals surface area contributed by atoms with Gasteiger partial charge in [0.05, 0.1) is 22.8 Å². The molecule has 0 aromatic heterocycles. The van der Waals surface area contributed by atoms with Crippen molar-refractivity contribution in [1.29, 1.82) is 0 Å². The van der Waals surface area contributed by atoms with Gasteiger partial charge in [-0.15, -0.1) is 0 Å². The predicted octanol–water partition coefficient (Wildman–Crippen LogP) is 2.91. The van der Waals surface area contributed by atoms with E-state index in [4.69, 9.17) is 4.74 Å². The van der Waals surface area contributed by atoms with Crippen LogP contribution in [0.4, 0.5) is 4.39 Å². The normalized spacial score (nSPS) is 15.2. The zero-order valence-corrected chi connectivity index (χ0v) is 14.7. The molecule has 0 amide bonds. The summed E-state index contributed by atoms with van der Waals surface area (Å²) in [7, 11) is -0.0546. The molecular weight excluding hydrogens is 305 g/mol. The van der Waals surface area contributed by atoms with Crippen molar-refractivity contribution in [1.82, 2.24) is 4.72 Å². The lowest BCUT2D eigenvalue weighted by atomic mass is 9.82. The van der Waals surface area contributed by atoms with Gasteiger partial charge in [-0.2, -0.15) is 0 Å². The lowest BCUT2D eigenvalue weighted by Gasteiger charge is -2.35. The number of carbonyl (C=O) groups excluding carboxylic acids is 1. The predicted molar refractivity (Wildman–Crippen MR) is 86.3 cm³/mol. The van der Waals surface area contributed by atoms with Crippen LogP contribution in [0.5, 0.6) is 0 Å². The molecule has 0 radical (unpaired) electrons. The monoisotopic (exact) mass is 329 g/mol. The zero-order valence-electron chi connectivity index (χ0n) is 13.9. The van der Waals surface area contributed by atoms with E-state index in [1.54, 1.807) is 26.0 Å². The van der Waals surface area contributed by atoms with Gasteiger partial charge in [-0.1, -0.05) is 12.1 Å². The third-order valence-corrected chi connectivity index (χ3v) is 5.10. The van der Waals surface area contributed by atoms with E-state index in [0.29, 0.717) is 5.56 Å². The fraction of sp³-hybridized carbons (Fsp3) is 0.562. The average molecular weight is 329 g/mol. The van der Waals surface area contributed by atoms with Crippen molar-refractivity contribution in [3.05, 3.63) is 35.6 Å². The van der Waals surface area contributed by atoms with Crippen molar-refractivity contribution in [2.75, 3.05) is 7.11 Å². The topological polar surface area (TPSA) is 55.4 Å². The maximum atomic E-state index is 13.1. The number of nitrogens with one attached hydrogen (secondary N) is 1. The third kappa shape index (κ3) is 4.61. The van der Waals surface area contributed by atoms with Crippen LogP contribution in [0.25, 0.3) is 0 Å². The number of methoxy groups -OCH3 is 1. The van der Waals surface area contributed by atoms with E-state index in [-0.39, 0.29) is 5.82 Å². The van der Waals surface area contributed by atoms with E-state index in [2.05, 4.69) is 4.72 Å². The summed E-state index contributed by atoms with van der Waals surface area (Å²) in [6, 6.07) is 5.67. The lowest BCUT2D eigenvalue weighted by Crippen LogP contribution is -2.52. The van der Waals surface area contributed by atoms with Crippen molar-refractivity contribution in [3.8, 4) is 0 Å². The highest BCUT2D eigenvalue weighted by Crippen LogP contribution is 2.31. The number of ether oxygens (including phenoxy) is 1. The van der Waals surface area contributed by atoms with Crippen molar-refractivity contribution >= 4 is 17.0 Å². The number of benzene rings is 1. The smallest absolute Gasteiger partial charge is 0.315 e. The second-order valence-electron chi connectivity index (χ2n) is 6.71. The minimum absolute atomic E-state index is 0.378. The molecule has 0 aliphatic rings. The van der Waals surface area contributed by atoms with Gasteiger partial charge >= 0.3 is 5.97 Å². The standard InChI is InChI=1S/C16H24FNO3S/c1-15(2,3)22(20)18-16(4,5)13(14(19)21-6)11-7-9-12(17)10-8-11/h7-10,13,18H,1-6H3. The lowest BCUT2D eigenvalue weighted by molar-refractivity contribution is -0.144. The molecule has 1 N–H and O–H groups in total. The van der Waals surface area contributed by atoms with Crippen molar-refractivity contribution < 1.29 is 18.1 Å². The first-order chi connectivity index (χ1) is 9.99. The molecule has 0 fully saturated rings. The molecule has 1 rings (SSSR count). The zero-order chi connectivity index (χ0) is 17.1. The largest absolute Gasteiger partial charge is 0.468 e. The summed E-state index contributed by atoms with van der Waals surface area (Å²) in [6.07, 6.45) is 0. The highest BCUT2D eigenvalue weighted by Gasteiger charge is 2.40. The number of hydrogen-bond acceptors (Lipinski definition) is 3. The molecule has 124 valence electrons. The first kappa shape index (κ1) is 18.8. The van der Waals surface area contributed by atoms with Crippen LogP contribution < -0.4 is 4.72 Å². The van der Waals surface area contributed by atoms with Crippen molar-refractivity contribution in [3.63, 3.8) is 0 Å². The Hall–Kier alpha value is -1.27. The van der Waals surface area contributed by atoms with Crippen molar-refractivity contribution in [2.45, 2.75) is 50.8 Å². The van der Waals surface area contributed by atoms with Gasteiger partial charge in [0.2, 0.25) is 0 Å². The molecule has 2 atom stereocenters. The molecule has 0 spiro atoms. The van der Waals surface area contributed by atoms with Gasteiger partial charge in [0.15, 0.2) is 0 Å². The number of hydrogen-bond donors (Lipinski definition) is 1. The molecule has 2 unspecified atom stereocenters. The maximum Gasteiger partial charge on any atom is 0.315 e. The maximum absolute atomic E-state index is 13.1. The molecule has 1 aromatic rings. The Morgan fingerprint density at radius 3 is 2.09 bits per heavy atom. The highest BCUT2D eigenvalue weighted by molar-refractivity contribution is 7.84. The van der Waals surface area contributed by atoms with Crippen LogP contribution in [0.3, 0.4) is 0 Å². The molecule has 0 aliphatic heterocycles. The quantitative estimate of drug-likeness (QED) is 0.845. The Morgan fingerprint density at radius 2 is 1.68 bits per heavy atom. The molecule has 1 aromatic carbocycles. The molecule has 0 saturated heterocycles. The number of halogens is 1. The van der Waals surface area contributed by atoms with Crippen LogP contribution in [0.15, 0.2) is 24.3 Å². The number of rotatable bonds is 5. The van der Waals surface area contributed by atoms with Crippen LogP contribution in [0.1, 0.15) is 46.1 Å². The molecule has 0 aliphatic carbocycles. The second-order valence-corrected chi connectivity index (χ2v) is 8.68. The number of carbonyl (C=O) groups is 1. The van der Waals surface area contributed by atoms with Gasteiger partial charge in [0.25, 0.3) is 0 Å². The average Bonchev–Trinajstić information content (AvgIpc) is 2.39. The molecule has 0 saturated carbocycles.